The zero-order chi connectivity index (χ0) is 10.8. The molecule has 1 aromatic carbocycles. The van der Waals surface area contributed by atoms with E-state index < -0.39 is 8.07 Å². The first-order chi connectivity index (χ1) is 6.40. The molecule has 1 nitrogen and oxygen atoms in total. The van der Waals surface area contributed by atoms with Crippen molar-refractivity contribution in [2.45, 2.75) is 26.6 Å². The molecule has 0 aliphatic rings. The molecule has 0 aliphatic heterocycles. The fraction of sp³-hybridized carbons (Fsp3) is 0.333. The Hall–Kier alpha value is -1.20. The molecule has 0 fully saturated rings. The van der Waals surface area contributed by atoms with Crippen molar-refractivity contribution in [2.75, 3.05) is 0 Å². The van der Waals surface area contributed by atoms with Crippen molar-refractivity contribution in [3.8, 4) is 17.2 Å². The van der Waals surface area contributed by atoms with Gasteiger partial charge in [-0.05, 0) is 18.6 Å². The predicted octanol–water partition coefficient (Wildman–Crippen LogP) is 2.93. The summed E-state index contributed by atoms with van der Waals surface area (Å²) >= 11 is 0. The summed E-state index contributed by atoms with van der Waals surface area (Å²) in [6, 6.07) is 5.66. The lowest BCUT2D eigenvalue weighted by atomic mass is 10.1. The highest BCUT2D eigenvalue weighted by molar-refractivity contribution is 6.83. The Morgan fingerprint density at radius 2 is 1.86 bits per heavy atom. The molecule has 0 radical (unpaired) electrons. The van der Waals surface area contributed by atoms with Gasteiger partial charge in [-0.25, -0.2) is 0 Å². The minimum absolute atomic E-state index is 0.318. The Bertz CT molecular complexity index is 391. The highest BCUT2D eigenvalue weighted by Crippen LogP contribution is 2.20. The number of rotatable bonds is 0. The Morgan fingerprint density at radius 1 is 1.21 bits per heavy atom. The average Bonchev–Trinajstić information content (AvgIpc) is 2.06. The van der Waals surface area contributed by atoms with Gasteiger partial charge in [0, 0.05) is 0 Å². The van der Waals surface area contributed by atoms with E-state index in [-0.39, 0.29) is 0 Å². The largest absolute Gasteiger partial charge is 0.506 e. The molecule has 2 heteroatoms. The highest BCUT2D eigenvalue weighted by Gasteiger charge is 2.08. The first-order valence-electron chi connectivity index (χ1n) is 4.72. The van der Waals surface area contributed by atoms with Crippen LogP contribution in [0.15, 0.2) is 18.2 Å². The van der Waals surface area contributed by atoms with E-state index >= 15 is 0 Å². The van der Waals surface area contributed by atoms with E-state index in [9.17, 15) is 5.11 Å². The van der Waals surface area contributed by atoms with E-state index in [1.165, 1.54) is 0 Å². The van der Waals surface area contributed by atoms with Crippen LogP contribution in [0.25, 0.3) is 0 Å². The SMILES string of the molecule is Cc1cccc(C#C[Si](C)(C)C)c1O. The van der Waals surface area contributed by atoms with E-state index in [1.54, 1.807) is 0 Å². The molecule has 0 aliphatic carbocycles. The van der Waals surface area contributed by atoms with Crippen LogP contribution in [0.3, 0.4) is 0 Å². The van der Waals surface area contributed by atoms with Gasteiger partial charge in [0.2, 0.25) is 0 Å². The number of para-hydroxylation sites is 1. The van der Waals surface area contributed by atoms with Crippen LogP contribution in [-0.4, -0.2) is 13.2 Å². The molecule has 14 heavy (non-hydrogen) atoms. The third-order valence-corrected chi connectivity index (χ3v) is 2.68. The van der Waals surface area contributed by atoms with Crippen molar-refractivity contribution in [1.82, 2.24) is 0 Å². The van der Waals surface area contributed by atoms with Crippen LogP contribution in [0.4, 0.5) is 0 Å². The minimum Gasteiger partial charge on any atom is -0.506 e. The molecule has 0 heterocycles. The van der Waals surface area contributed by atoms with Crippen molar-refractivity contribution >= 4 is 8.07 Å². The van der Waals surface area contributed by atoms with Crippen LogP contribution in [-0.2, 0) is 0 Å². The maximum absolute atomic E-state index is 9.71. The van der Waals surface area contributed by atoms with E-state index in [0.29, 0.717) is 5.75 Å². The second-order valence-corrected chi connectivity index (χ2v) is 9.22. The van der Waals surface area contributed by atoms with Crippen LogP contribution in [0, 0.1) is 18.4 Å². The molecule has 74 valence electrons. The number of phenols is 1. The average molecular weight is 204 g/mol. The normalized spacial score (nSPS) is 10.6. The summed E-state index contributed by atoms with van der Waals surface area (Å²) in [5.74, 6) is 3.37. The van der Waals surface area contributed by atoms with Crippen LogP contribution in [0.5, 0.6) is 5.75 Å². The van der Waals surface area contributed by atoms with Crippen LogP contribution in [0.2, 0.25) is 19.6 Å². The van der Waals surface area contributed by atoms with E-state index in [1.807, 2.05) is 25.1 Å². The molecule has 0 amide bonds. The fourth-order valence-corrected chi connectivity index (χ4v) is 1.52. The fourth-order valence-electron chi connectivity index (χ4n) is 1.01. The Kier molecular flexibility index (Phi) is 3.02. The van der Waals surface area contributed by atoms with Crippen molar-refractivity contribution in [3.05, 3.63) is 29.3 Å². The van der Waals surface area contributed by atoms with Crippen molar-refractivity contribution in [3.63, 3.8) is 0 Å². The molecule has 0 saturated carbocycles. The molecule has 0 aromatic heterocycles. The molecule has 0 spiro atoms. The molecule has 1 aromatic rings. The van der Waals surface area contributed by atoms with Crippen LogP contribution >= 0.6 is 0 Å². The molecule has 0 saturated heterocycles. The lowest BCUT2D eigenvalue weighted by Gasteiger charge is -2.04. The zero-order valence-electron chi connectivity index (χ0n) is 9.18. The second-order valence-electron chi connectivity index (χ2n) is 4.47. The molecular weight excluding hydrogens is 188 g/mol. The molecular formula is C12H16OSi. The van der Waals surface area contributed by atoms with Gasteiger partial charge in [0.05, 0.1) is 5.56 Å². The van der Waals surface area contributed by atoms with E-state index in [2.05, 4.69) is 31.1 Å². The monoisotopic (exact) mass is 204 g/mol. The third-order valence-electron chi connectivity index (χ3n) is 1.81. The predicted molar refractivity (Wildman–Crippen MR) is 63.1 cm³/mol. The molecule has 1 N–H and O–H groups in total. The first kappa shape index (κ1) is 10.9. The topological polar surface area (TPSA) is 20.2 Å². The molecule has 0 atom stereocenters. The van der Waals surface area contributed by atoms with Gasteiger partial charge in [0.25, 0.3) is 0 Å². The lowest BCUT2D eigenvalue weighted by molar-refractivity contribution is 0.469. The van der Waals surface area contributed by atoms with Gasteiger partial charge in [-0.15, -0.1) is 5.54 Å². The van der Waals surface area contributed by atoms with Gasteiger partial charge in [-0.1, -0.05) is 37.7 Å². The van der Waals surface area contributed by atoms with Gasteiger partial charge < -0.3 is 5.11 Å². The third kappa shape index (κ3) is 2.93. The van der Waals surface area contributed by atoms with Gasteiger partial charge in [0.1, 0.15) is 13.8 Å². The number of benzene rings is 1. The highest BCUT2D eigenvalue weighted by atomic mass is 28.3. The number of hydrogen-bond donors (Lipinski definition) is 1. The van der Waals surface area contributed by atoms with E-state index in [0.717, 1.165) is 11.1 Å². The maximum atomic E-state index is 9.71. The zero-order valence-corrected chi connectivity index (χ0v) is 10.2. The summed E-state index contributed by atoms with van der Waals surface area (Å²) in [4.78, 5) is 0. The van der Waals surface area contributed by atoms with Gasteiger partial charge >= 0.3 is 0 Å². The first-order valence-corrected chi connectivity index (χ1v) is 8.22. The summed E-state index contributed by atoms with van der Waals surface area (Å²) < 4.78 is 0. The number of phenolic OH excluding ortho intramolecular Hbond substituents is 1. The van der Waals surface area contributed by atoms with Crippen molar-refractivity contribution in [2.24, 2.45) is 0 Å². The van der Waals surface area contributed by atoms with E-state index in [4.69, 9.17) is 0 Å². The number of hydrogen-bond acceptors (Lipinski definition) is 1. The minimum atomic E-state index is -1.35. The molecule has 0 bridgehead atoms. The summed E-state index contributed by atoms with van der Waals surface area (Å²) in [5, 5.41) is 9.71. The van der Waals surface area contributed by atoms with Crippen LogP contribution in [0.1, 0.15) is 11.1 Å². The van der Waals surface area contributed by atoms with Crippen molar-refractivity contribution in [1.29, 1.82) is 0 Å². The summed E-state index contributed by atoms with van der Waals surface area (Å²) in [6.45, 7) is 8.45. The summed E-state index contributed by atoms with van der Waals surface area (Å²) in [7, 11) is -1.35. The Balaban J connectivity index is 3.08. The second kappa shape index (κ2) is 3.89. The number of aryl methyl sites for hydroxylation is 1. The Morgan fingerprint density at radius 3 is 2.43 bits per heavy atom. The molecule has 1 rings (SSSR count). The Labute approximate surface area is 86.8 Å². The summed E-state index contributed by atoms with van der Waals surface area (Å²) in [5.41, 5.74) is 4.86. The number of aromatic hydroxyl groups is 1. The van der Waals surface area contributed by atoms with Gasteiger partial charge in [-0.3, -0.25) is 0 Å². The quantitative estimate of drug-likeness (QED) is 0.509. The lowest BCUT2D eigenvalue weighted by Crippen LogP contribution is -2.16. The summed E-state index contributed by atoms with van der Waals surface area (Å²) in [6.07, 6.45) is 0. The van der Waals surface area contributed by atoms with Crippen molar-refractivity contribution < 1.29 is 5.11 Å². The standard InChI is InChI=1S/C12H16OSi/c1-10-6-5-7-11(12(10)13)8-9-14(2,3)4/h5-7,13H,1-4H3. The smallest absolute Gasteiger partial charge is 0.134 e. The molecule has 0 unspecified atom stereocenters. The van der Waals surface area contributed by atoms with Gasteiger partial charge in [-0.2, -0.15) is 0 Å². The van der Waals surface area contributed by atoms with Gasteiger partial charge in [0.15, 0.2) is 0 Å². The maximum Gasteiger partial charge on any atom is 0.134 e. The van der Waals surface area contributed by atoms with Crippen LogP contribution < -0.4 is 0 Å².